The van der Waals surface area contributed by atoms with Crippen LogP contribution in [0.25, 0.3) is 0 Å². The van der Waals surface area contributed by atoms with Gasteiger partial charge in [-0.25, -0.2) is 8.57 Å². The first-order valence-corrected chi connectivity index (χ1v) is 5.38. The molecule has 0 aliphatic heterocycles. The minimum atomic E-state index is -4.83. The summed E-state index contributed by atoms with van der Waals surface area (Å²) in [6, 6.07) is 0. The summed E-state index contributed by atoms with van der Waals surface area (Å²) in [4.78, 5) is 0. The molecule has 0 rings (SSSR count). The highest BCUT2D eigenvalue weighted by molar-refractivity contribution is 7.74. The molecule has 11 heteroatoms. The first-order chi connectivity index (χ1) is 6.64. The van der Waals surface area contributed by atoms with E-state index in [2.05, 4.69) is 8.37 Å². The molecule has 0 aliphatic carbocycles. The van der Waals surface area contributed by atoms with Crippen LogP contribution in [0.1, 0.15) is 13.3 Å². The fourth-order valence-corrected chi connectivity index (χ4v) is 1.32. The molecule has 15 heavy (non-hydrogen) atoms. The van der Waals surface area contributed by atoms with Crippen LogP contribution in [0.3, 0.4) is 0 Å². The van der Waals surface area contributed by atoms with Crippen molar-refractivity contribution < 1.29 is 39.1 Å². The third kappa shape index (κ3) is 4.12. The molecule has 6 nitrogen and oxygen atoms in total. The zero-order chi connectivity index (χ0) is 12.3. The molecule has 0 spiro atoms. The van der Waals surface area contributed by atoms with Crippen LogP contribution >= 0.6 is 0 Å². The van der Waals surface area contributed by atoms with Crippen molar-refractivity contribution in [3.63, 3.8) is 0 Å². The topological polar surface area (TPSA) is 93.1 Å². The van der Waals surface area contributed by atoms with Gasteiger partial charge in [-0.2, -0.15) is 21.4 Å². The van der Waals surface area contributed by atoms with Gasteiger partial charge in [-0.15, -0.1) is 0 Å². The molecule has 2 N–H and O–H groups in total. The van der Waals surface area contributed by atoms with E-state index in [9.17, 15) is 21.6 Å². The van der Waals surface area contributed by atoms with Gasteiger partial charge in [0.2, 0.25) is 0 Å². The molecule has 3 unspecified atom stereocenters. The Labute approximate surface area is 87.7 Å². The van der Waals surface area contributed by atoms with E-state index in [1.54, 1.807) is 0 Å². The zero-order valence-corrected chi connectivity index (χ0v) is 8.82. The lowest BCUT2D eigenvalue weighted by Crippen LogP contribution is -2.48. The summed E-state index contributed by atoms with van der Waals surface area (Å²) >= 11 is -6.76. The lowest BCUT2D eigenvalue weighted by molar-refractivity contribution is -0.324. The highest BCUT2D eigenvalue weighted by Crippen LogP contribution is 2.38. The van der Waals surface area contributed by atoms with E-state index in [0.29, 0.717) is 0 Å². The van der Waals surface area contributed by atoms with Crippen molar-refractivity contribution in [1.82, 2.24) is 0 Å². The number of rotatable bonds is 6. The van der Waals surface area contributed by atoms with Gasteiger partial charge in [0.05, 0.1) is 0 Å². The fraction of sp³-hybridized carbons (Fsp3) is 1.00. The van der Waals surface area contributed by atoms with Crippen LogP contribution in [0.2, 0.25) is 0 Å². The largest absolute Gasteiger partial charge is 0.429 e. The highest BCUT2D eigenvalue weighted by atomic mass is 32.2. The Morgan fingerprint density at radius 1 is 1.13 bits per heavy atom. The molecule has 0 aliphatic rings. The first-order valence-electron chi connectivity index (χ1n) is 3.32. The van der Waals surface area contributed by atoms with Crippen molar-refractivity contribution in [2.45, 2.75) is 25.3 Å². The van der Waals surface area contributed by atoms with Gasteiger partial charge in [0.15, 0.2) is 0 Å². The van der Waals surface area contributed by atoms with Crippen molar-refractivity contribution >= 4 is 22.7 Å². The van der Waals surface area contributed by atoms with E-state index in [1.165, 1.54) is 0 Å². The molecular weight excluding hydrogens is 265 g/mol. The first kappa shape index (κ1) is 14.9. The van der Waals surface area contributed by atoms with Crippen LogP contribution in [0, 0.1) is 0 Å². The fourth-order valence-electron chi connectivity index (χ4n) is 0.578. The van der Waals surface area contributed by atoms with Crippen LogP contribution < -0.4 is 0 Å². The molecule has 0 aromatic carbocycles. The van der Waals surface area contributed by atoms with Crippen molar-refractivity contribution in [1.29, 1.82) is 0 Å². The third-order valence-corrected chi connectivity index (χ3v) is 2.03. The van der Waals surface area contributed by atoms with Crippen LogP contribution in [0.4, 0.5) is 13.2 Å². The maximum Gasteiger partial charge on any atom is 0.429 e. The van der Waals surface area contributed by atoms with Gasteiger partial charge in [0.25, 0.3) is 0 Å². The summed E-state index contributed by atoms with van der Waals surface area (Å²) in [5.41, 5.74) is 0. The normalized spacial score (nSPS) is 20.7. The standard InChI is InChI=1S/C4H7F3O6S2/c1-2-3(5,12-14(8)9)4(6,7)13-15(10)11/h2H2,1H3,(H,8,9)(H,10,11). The Morgan fingerprint density at radius 3 is 1.80 bits per heavy atom. The van der Waals surface area contributed by atoms with Gasteiger partial charge in [0, 0.05) is 6.42 Å². The summed E-state index contributed by atoms with van der Waals surface area (Å²) in [6.45, 7) is 0.866. The summed E-state index contributed by atoms with van der Waals surface area (Å²) in [7, 11) is 0. The number of alkyl halides is 3. The minimum absolute atomic E-state index is 0.866. The van der Waals surface area contributed by atoms with Gasteiger partial charge in [-0.1, -0.05) is 6.92 Å². The lowest BCUT2D eigenvalue weighted by Gasteiger charge is -2.27. The number of hydrogen-bond donors (Lipinski definition) is 2. The monoisotopic (exact) mass is 272 g/mol. The molecule has 0 aromatic heterocycles. The van der Waals surface area contributed by atoms with Crippen LogP contribution in [-0.2, 0) is 31.1 Å². The van der Waals surface area contributed by atoms with Gasteiger partial charge in [-0.05, 0) is 0 Å². The van der Waals surface area contributed by atoms with Crippen LogP contribution in [0.5, 0.6) is 0 Å². The lowest BCUT2D eigenvalue weighted by atomic mass is 10.2. The Kier molecular flexibility index (Phi) is 5.29. The Morgan fingerprint density at radius 2 is 1.53 bits per heavy atom. The maximum absolute atomic E-state index is 13.2. The van der Waals surface area contributed by atoms with Gasteiger partial charge < -0.3 is 0 Å². The summed E-state index contributed by atoms with van der Waals surface area (Å²) in [6.07, 6.45) is -5.90. The highest BCUT2D eigenvalue weighted by Gasteiger charge is 2.60. The van der Waals surface area contributed by atoms with Gasteiger partial charge in [0.1, 0.15) is 0 Å². The van der Waals surface area contributed by atoms with Crippen molar-refractivity contribution in [2.24, 2.45) is 0 Å². The van der Waals surface area contributed by atoms with Gasteiger partial charge >= 0.3 is 34.7 Å². The van der Waals surface area contributed by atoms with Gasteiger partial charge in [-0.3, -0.25) is 9.11 Å². The molecule has 0 heterocycles. The average molecular weight is 272 g/mol. The molecule has 0 amide bonds. The van der Waals surface area contributed by atoms with E-state index < -0.39 is 41.1 Å². The van der Waals surface area contributed by atoms with E-state index in [4.69, 9.17) is 9.11 Å². The van der Waals surface area contributed by atoms with E-state index >= 15 is 0 Å². The number of hydrogen-bond acceptors (Lipinski definition) is 4. The van der Waals surface area contributed by atoms with Crippen molar-refractivity contribution in [3.8, 4) is 0 Å². The van der Waals surface area contributed by atoms with Crippen molar-refractivity contribution in [2.75, 3.05) is 0 Å². The van der Waals surface area contributed by atoms with Crippen LogP contribution in [0.15, 0.2) is 0 Å². The Balaban J connectivity index is 4.90. The predicted molar refractivity (Wildman–Crippen MR) is 42.8 cm³/mol. The summed E-state index contributed by atoms with van der Waals surface area (Å²) < 4.78 is 81.2. The molecular formula is C4H7F3O6S2. The minimum Gasteiger partial charge on any atom is -0.284 e. The quantitative estimate of drug-likeness (QED) is 0.700. The molecule has 0 fully saturated rings. The molecule has 0 saturated heterocycles. The second-order valence-corrected chi connectivity index (χ2v) is 3.40. The molecule has 92 valence electrons. The molecule has 0 bridgehead atoms. The van der Waals surface area contributed by atoms with E-state index in [0.717, 1.165) is 6.92 Å². The Bertz CT molecular complexity index is 273. The second kappa shape index (κ2) is 5.32. The predicted octanol–water partition coefficient (Wildman–Crippen LogP) is 0.962. The SMILES string of the molecule is CCC(F)(OS(=O)O)C(F)(F)OS(=O)O. The molecule has 3 atom stereocenters. The smallest absolute Gasteiger partial charge is 0.284 e. The summed E-state index contributed by atoms with van der Waals surface area (Å²) in [5, 5.41) is 0. The van der Waals surface area contributed by atoms with E-state index in [1.807, 2.05) is 0 Å². The molecule has 0 aromatic rings. The second-order valence-electron chi connectivity index (χ2n) is 2.20. The molecule has 0 saturated carbocycles. The maximum atomic E-state index is 13.2. The number of halogens is 3. The van der Waals surface area contributed by atoms with E-state index in [-0.39, 0.29) is 0 Å². The average Bonchev–Trinajstić information content (AvgIpc) is 2.00. The Hall–Kier alpha value is -0.0700. The summed E-state index contributed by atoms with van der Waals surface area (Å²) in [5.74, 6) is -3.97. The zero-order valence-electron chi connectivity index (χ0n) is 7.18. The molecule has 0 radical (unpaired) electrons. The van der Waals surface area contributed by atoms with Crippen LogP contribution in [-0.4, -0.2) is 29.5 Å². The van der Waals surface area contributed by atoms with Crippen molar-refractivity contribution in [3.05, 3.63) is 0 Å². The third-order valence-electron chi connectivity index (χ3n) is 1.27.